The molecular formula is C41H52Cl2N8O8. The van der Waals surface area contributed by atoms with Gasteiger partial charge in [-0.2, -0.15) is 0 Å². The highest BCUT2D eigenvalue weighted by Crippen LogP contribution is 2.28. The lowest BCUT2D eigenvalue weighted by Gasteiger charge is -2.27. The van der Waals surface area contributed by atoms with E-state index in [4.69, 9.17) is 34.7 Å². The summed E-state index contributed by atoms with van der Waals surface area (Å²) < 4.78 is 5.08. The van der Waals surface area contributed by atoms with Crippen molar-refractivity contribution < 1.29 is 29.4 Å². The molecule has 318 valence electrons. The van der Waals surface area contributed by atoms with Crippen LogP contribution in [0.4, 0.5) is 0 Å². The van der Waals surface area contributed by atoms with Gasteiger partial charge in [0.1, 0.15) is 13.1 Å². The molecule has 0 saturated heterocycles. The molecule has 2 heterocycles. The van der Waals surface area contributed by atoms with E-state index in [0.717, 1.165) is 51.4 Å². The first-order chi connectivity index (χ1) is 28.0. The van der Waals surface area contributed by atoms with Gasteiger partial charge in [0.25, 0.3) is 11.8 Å². The van der Waals surface area contributed by atoms with Crippen molar-refractivity contribution in [1.82, 2.24) is 28.9 Å². The number of hydrogen-bond donors (Lipinski definition) is 6. The van der Waals surface area contributed by atoms with E-state index >= 15 is 0 Å². The summed E-state index contributed by atoms with van der Waals surface area (Å²) in [6.45, 7) is 1.54. The second kappa shape index (κ2) is 19.7. The molecule has 0 aliphatic heterocycles. The molecule has 4 amide bonds. The van der Waals surface area contributed by atoms with Gasteiger partial charge in [0.2, 0.25) is 11.8 Å². The number of nitrogens with two attached hydrogens (primary N) is 2. The number of amides is 4. The summed E-state index contributed by atoms with van der Waals surface area (Å²) in [4.78, 5) is 72.8. The standard InChI is InChI=1S/C21H27ClN4O4.C20H25ClN4O4/c1-14-11-26(20(29)25(14)12-18(23)27)15-6-7-17(22)16(10-15)19(28)24-13-21(30)8-4-2-3-5-9-21;21-16-6-5-14(25-10-9-24(19(25)28)12-17(22)26)11-15(16)18(27)23-13-20(29)7-3-1-2-4-8-20/h6-7,10-11,30H,2-5,8-9,12-13H2,1H3,(H2,23,27)(H,24,28);5-6,9-11,29H,1-4,7-8,12-13H2,(H2,22,26)(H,23,27). The number of aryl methyl sites for hydroxylation is 1. The number of carbonyl (C=O) groups is 4. The summed E-state index contributed by atoms with van der Waals surface area (Å²) in [6.07, 6.45) is 15.3. The first-order valence-electron chi connectivity index (χ1n) is 19.7. The van der Waals surface area contributed by atoms with E-state index in [1.807, 2.05) is 0 Å². The molecule has 16 nitrogen and oxygen atoms in total. The number of rotatable bonds is 12. The average molecular weight is 856 g/mol. The van der Waals surface area contributed by atoms with E-state index in [1.54, 1.807) is 31.3 Å². The van der Waals surface area contributed by atoms with Gasteiger partial charge in [-0.05, 0) is 69.0 Å². The van der Waals surface area contributed by atoms with Crippen LogP contribution in [-0.2, 0) is 22.7 Å². The van der Waals surface area contributed by atoms with Gasteiger partial charge in [0, 0.05) is 37.4 Å². The molecule has 18 heteroatoms. The molecule has 2 saturated carbocycles. The van der Waals surface area contributed by atoms with Gasteiger partial charge >= 0.3 is 11.4 Å². The Labute approximate surface area is 351 Å². The predicted octanol–water partition coefficient (Wildman–Crippen LogP) is 3.49. The Hall–Kier alpha value is -5.16. The first kappa shape index (κ1) is 44.9. The third-order valence-corrected chi connectivity index (χ3v) is 11.5. The zero-order chi connectivity index (χ0) is 42.9. The Morgan fingerprint density at radius 1 is 0.661 bits per heavy atom. The molecule has 2 fully saturated rings. The Bertz CT molecular complexity index is 2280. The van der Waals surface area contributed by atoms with E-state index in [-0.39, 0.29) is 47.4 Å². The van der Waals surface area contributed by atoms with Crippen molar-refractivity contribution in [3.63, 3.8) is 0 Å². The number of imidazole rings is 2. The van der Waals surface area contributed by atoms with Gasteiger partial charge in [-0.3, -0.25) is 37.4 Å². The van der Waals surface area contributed by atoms with Crippen molar-refractivity contribution in [2.24, 2.45) is 11.5 Å². The largest absolute Gasteiger partial charge is 0.388 e. The lowest BCUT2D eigenvalue weighted by Crippen LogP contribution is -2.42. The van der Waals surface area contributed by atoms with Crippen LogP contribution in [-0.4, -0.2) is 76.4 Å². The fourth-order valence-corrected chi connectivity index (χ4v) is 7.91. The van der Waals surface area contributed by atoms with Crippen LogP contribution >= 0.6 is 23.2 Å². The maximum atomic E-state index is 12.8. The molecule has 0 unspecified atom stereocenters. The Balaban J connectivity index is 0.000000224. The second-order valence-electron chi connectivity index (χ2n) is 15.5. The average Bonchev–Trinajstić information content (AvgIpc) is 3.45. The minimum absolute atomic E-state index is 0.153. The zero-order valence-corrected chi connectivity index (χ0v) is 34.6. The molecule has 2 aromatic heterocycles. The number of hydrogen-bond acceptors (Lipinski definition) is 8. The van der Waals surface area contributed by atoms with Crippen molar-refractivity contribution in [1.29, 1.82) is 0 Å². The Morgan fingerprint density at radius 2 is 1.10 bits per heavy atom. The quantitative estimate of drug-likeness (QED) is 0.115. The topological polar surface area (TPSA) is 239 Å². The summed E-state index contributed by atoms with van der Waals surface area (Å²) in [5.41, 5.74) is 9.50. The predicted molar refractivity (Wildman–Crippen MR) is 223 cm³/mol. The highest BCUT2D eigenvalue weighted by atomic mass is 35.5. The minimum atomic E-state index is -0.906. The van der Waals surface area contributed by atoms with Crippen LogP contribution in [0.25, 0.3) is 11.4 Å². The number of aromatic nitrogens is 4. The molecule has 8 N–H and O–H groups in total. The van der Waals surface area contributed by atoms with Crippen molar-refractivity contribution in [2.45, 2.75) is 108 Å². The molecule has 59 heavy (non-hydrogen) atoms. The van der Waals surface area contributed by atoms with Crippen molar-refractivity contribution >= 4 is 46.8 Å². The molecule has 2 aromatic carbocycles. The number of primary amides is 2. The SMILES string of the molecule is Cc1cn(-c2ccc(Cl)c(C(=O)NCC3(O)CCCCCC3)c2)c(=O)n1CC(N)=O.NC(=O)Cn1ccn(-c2ccc(Cl)c(C(=O)NCC3(O)CCCCCC3)c2)c1=O. The number of aliphatic hydroxyl groups is 2. The maximum absolute atomic E-state index is 12.8. The lowest BCUT2D eigenvalue weighted by atomic mass is 9.94. The molecule has 0 radical (unpaired) electrons. The normalized spacial score (nSPS) is 16.2. The summed E-state index contributed by atoms with van der Waals surface area (Å²) in [5, 5.41) is 27.5. The van der Waals surface area contributed by atoms with Crippen LogP contribution in [0.5, 0.6) is 0 Å². The number of nitrogens with zero attached hydrogens (tertiary/aromatic N) is 4. The van der Waals surface area contributed by atoms with Crippen LogP contribution < -0.4 is 33.5 Å². The van der Waals surface area contributed by atoms with E-state index in [1.165, 1.54) is 48.9 Å². The van der Waals surface area contributed by atoms with Crippen LogP contribution in [0.1, 0.15) is 103 Å². The fourth-order valence-electron chi connectivity index (χ4n) is 7.50. The zero-order valence-electron chi connectivity index (χ0n) is 33.1. The molecule has 2 aliphatic rings. The van der Waals surface area contributed by atoms with Gasteiger partial charge in [-0.25, -0.2) is 9.59 Å². The van der Waals surface area contributed by atoms with Crippen molar-refractivity contribution in [2.75, 3.05) is 13.1 Å². The highest BCUT2D eigenvalue weighted by molar-refractivity contribution is 6.34. The van der Waals surface area contributed by atoms with E-state index in [9.17, 15) is 39.0 Å². The molecule has 2 aliphatic carbocycles. The number of halogens is 2. The maximum Gasteiger partial charge on any atom is 0.333 e. The van der Waals surface area contributed by atoms with Crippen LogP contribution in [0.15, 0.2) is 64.6 Å². The van der Waals surface area contributed by atoms with E-state index in [2.05, 4.69) is 10.6 Å². The summed E-state index contributed by atoms with van der Waals surface area (Å²) in [7, 11) is 0. The van der Waals surface area contributed by atoms with Gasteiger partial charge in [0.05, 0.1) is 43.7 Å². The van der Waals surface area contributed by atoms with Crippen LogP contribution in [0.2, 0.25) is 10.0 Å². The number of carbonyl (C=O) groups excluding carboxylic acids is 4. The first-order valence-corrected chi connectivity index (χ1v) is 20.5. The summed E-state index contributed by atoms with van der Waals surface area (Å²) in [5.74, 6) is -2.08. The van der Waals surface area contributed by atoms with Gasteiger partial charge in [-0.15, -0.1) is 0 Å². The smallest absolute Gasteiger partial charge is 0.333 e. The Morgan fingerprint density at radius 3 is 1.54 bits per heavy atom. The summed E-state index contributed by atoms with van der Waals surface area (Å²) in [6, 6.07) is 9.32. The Kier molecular flexibility index (Phi) is 15.0. The van der Waals surface area contributed by atoms with E-state index < -0.39 is 46.2 Å². The minimum Gasteiger partial charge on any atom is -0.388 e. The van der Waals surface area contributed by atoms with Gasteiger partial charge < -0.3 is 32.3 Å². The molecule has 4 aromatic rings. The van der Waals surface area contributed by atoms with Crippen LogP contribution in [0, 0.1) is 6.92 Å². The molecular weight excluding hydrogens is 803 g/mol. The van der Waals surface area contributed by atoms with Gasteiger partial charge in [0.15, 0.2) is 0 Å². The van der Waals surface area contributed by atoms with E-state index in [0.29, 0.717) is 42.8 Å². The lowest BCUT2D eigenvalue weighted by molar-refractivity contribution is -0.119. The van der Waals surface area contributed by atoms with Crippen LogP contribution in [0.3, 0.4) is 0 Å². The molecule has 0 spiro atoms. The molecule has 0 atom stereocenters. The van der Waals surface area contributed by atoms with Crippen molar-refractivity contribution in [3.05, 3.63) is 103 Å². The third-order valence-electron chi connectivity index (χ3n) is 10.8. The second-order valence-corrected chi connectivity index (χ2v) is 16.3. The third kappa shape index (κ3) is 11.7. The molecule has 6 rings (SSSR count). The summed E-state index contributed by atoms with van der Waals surface area (Å²) >= 11 is 12.4. The molecule has 0 bridgehead atoms. The monoisotopic (exact) mass is 854 g/mol. The van der Waals surface area contributed by atoms with Gasteiger partial charge in [-0.1, -0.05) is 74.6 Å². The van der Waals surface area contributed by atoms with Crippen molar-refractivity contribution in [3.8, 4) is 11.4 Å². The number of nitrogens with one attached hydrogen (secondary N) is 2. The fraction of sp³-hybridized carbons (Fsp3) is 0.463. The number of benzene rings is 2. The highest BCUT2D eigenvalue weighted by Gasteiger charge is 2.30.